The zero-order valence-electron chi connectivity index (χ0n) is 17.5. The molecule has 2 heterocycles. The molecule has 12 heteroatoms. The molecular weight excluding hydrogens is 455 g/mol. The molecule has 0 spiro atoms. The van der Waals surface area contributed by atoms with Gasteiger partial charge in [0.05, 0.1) is 28.4 Å². The maximum absolute atomic E-state index is 13.2. The molecule has 0 aliphatic heterocycles. The summed E-state index contributed by atoms with van der Waals surface area (Å²) in [5, 5.41) is 15.2. The van der Waals surface area contributed by atoms with Crippen molar-refractivity contribution in [2.75, 3.05) is 11.1 Å². The van der Waals surface area contributed by atoms with E-state index in [2.05, 4.69) is 25.6 Å². The minimum atomic E-state index is -4.56. The van der Waals surface area contributed by atoms with Crippen molar-refractivity contribution >= 4 is 23.4 Å². The van der Waals surface area contributed by atoms with E-state index in [1.165, 1.54) is 23.4 Å². The van der Waals surface area contributed by atoms with Crippen molar-refractivity contribution in [2.24, 2.45) is 0 Å². The molecule has 170 valence electrons. The first-order valence-electron chi connectivity index (χ1n) is 9.71. The fourth-order valence-electron chi connectivity index (χ4n) is 3.19. The molecule has 2 aromatic heterocycles. The number of hydrogen-bond acceptors (Lipinski definition) is 6. The molecule has 0 unspecified atom stereocenters. The Morgan fingerprint density at radius 2 is 1.88 bits per heavy atom. The molecule has 0 saturated heterocycles. The van der Waals surface area contributed by atoms with Crippen molar-refractivity contribution < 1.29 is 18.0 Å². The number of benzene rings is 2. The summed E-state index contributed by atoms with van der Waals surface area (Å²) in [5.74, 6) is 0.0630. The lowest BCUT2D eigenvalue weighted by molar-refractivity contribution is -0.137. The number of alkyl halides is 3. The summed E-state index contributed by atoms with van der Waals surface area (Å²) < 4.78 is 42.8. The standard InChI is InChI=1S/C21H18F3N7OS/c1-13-5-3-4-6-17(13)31-14(2)28-29-20(31)33-10-19(32)27-16-9-15(21(22,23)24)7-8-18(16)30-12-25-11-26-30/h3-9,11-12H,10H2,1-2H3,(H,27,32). The van der Waals surface area contributed by atoms with E-state index in [1.807, 2.05) is 35.8 Å². The van der Waals surface area contributed by atoms with Crippen LogP contribution in [0.1, 0.15) is 17.0 Å². The zero-order valence-corrected chi connectivity index (χ0v) is 18.4. The van der Waals surface area contributed by atoms with Crippen LogP contribution >= 0.6 is 11.8 Å². The number of aromatic nitrogens is 6. The number of amides is 1. The van der Waals surface area contributed by atoms with Crippen LogP contribution in [-0.4, -0.2) is 41.2 Å². The number of halogens is 3. The molecule has 0 fully saturated rings. The molecule has 0 radical (unpaired) electrons. The average Bonchev–Trinajstić information content (AvgIpc) is 3.42. The second kappa shape index (κ2) is 9.06. The van der Waals surface area contributed by atoms with Crippen molar-refractivity contribution in [3.05, 3.63) is 72.1 Å². The molecule has 0 saturated carbocycles. The highest BCUT2D eigenvalue weighted by atomic mass is 32.2. The van der Waals surface area contributed by atoms with Crippen molar-refractivity contribution in [1.29, 1.82) is 0 Å². The molecule has 2 aromatic carbocycles. The predicted molar refractivity (Wildman–Crippen MR) is 117 cm³/mol. The van der Waals surface area contributed by atoms with Crippen LogP contribution in [0, 0.1) is 13.8 Å². The van der Waals surface area contributed by atoms with Crippen LogP contribution in [0.5, 0.6) is 0 Å². The van der Waals surface area contributed by atoms with Crippen LogP contribution in [0.25, 0.3) is 11.4 Å². The predicted octanol–water partition coefficient (Wildman–Crippen LogP) is 4.21. The minimum absolute atomic E-state index is 0.0301. The Morgan fingerprint density at radius 3 is 2.58 bits per heavy atom. The van der Waals surface area contributed by atoms with Gasteiger partial charge in [0.15, 0.2) is 5.16 Å². The van der Waals surface area contributed by atoms with Gasteiger partial charge in [-0.15, -0.1) is 10.2 Å². The lowest BCUT2D eigenvalue weighted by Crippen LogP contribution is -2.17. The van der Waals surface area contributed by atoms with Crippen molar-refractivity contribution in [2.45, 2.75) is 25.2 Å². The third-order valence-electron chi connectivity index (χ3n) is 4.75. The summed E-state index contributed by atoms with van der Waals surface area (Å²) in [4.78, 5) is 16.5. The van der Waals surface area contributed by atoms with E-state index >= 15 is 0 Å². The minimum Gasteiger partial charge on any atom is -0.323 e. The molecule has 0 atom stereocenters. The van der Waals surface area contributed by atoms with Crippen LogP contribution in [0.4, 0.5) is 18.9 Å². The van der Waals surface area contributed by atoms with Gasteiger partial charge in [0.1, 0.15) is 18.5 Å². The van der Waals surface area contributed by atoms with E-state index < -0.39 is 17.6 Å². The largest absolute Gasteiger partial charge is 0.416 e. The van der Waals surface area contributed by atoms with Crippen LogP contribution in [0.15, 0.2) is 60.3 Å². The smallest absolute Gasteiger partial charge is 0.323 e. The molecule has 0 aliphatic carbocycles. The Balaban J connectivity index is 1.56. The number of anilines is 1. The highest BCUT2D eigenvalue weighted by Gasteiger charge is 2.31. The van der Waals surface area contributed by atoms with Gasteiger partial charge in [-0.05, 0) is 43.7 Å². The maximum atomic E-state index is 13.2. The Hall–Kier alpha value is -3.67. The third-order valence-corrected chi connectivity index (χ3v) is 5.68. The fourth-order valence-corrected chi connectivity index (χ4v) is 3.98. The van der Waals surface area contributed by atoms with Gasteiger partial charge in [0, 0.05) is 0 Å². The van der Waals surface area contributed by atoms with Gasteiger partial charge in [-0.25, -0.2) is 9.67 Å². The average molecular weight is 473 g/mol. The first-order valence-corrected chi connectivity index (χ1v) is 10.7. The van der Waals surface area contributed by atoms with Crippen LogP contribution < -0.4 is 5.32 Å². The Bertz CT molecular complexity index is 1290. The number of para-hydroxylation sites is 1. The second-order valence-electron chi connectivity index (χ2n) is 7.06. The van der Waals surface area contributed by atoms with Gasteiger partial charge in [-0.1, -0.05) is 30.0 Å². The maximum Gasteiger partial charge on any atom is 0.416 e. The van der Waals surface area contributed by atoms with Crippen molar-refractivity contribution in [3.63, 3.8) is 0 Å². The normalized spacial score (nSPS) is 11.5. The number of nitrogens with one attached hydrogen (secondary N) is 1. The van der Waals surface area contributed by atoms with Gasteiger partial charge in [0.2, 0.25) is 5.91 Å². The molecule has 1 amide bonds. The SMILES string of the molecule is Cc1ccccc1-n1c(C)nnc1SCC(=O)Nc1cc(C(F)(F)F)ccc1-n1cncn1. The summed E-state index contributed by atoms with van der Waals surface area (Å²) in [6.45, 7) is 3.76. The summed E-state index contributed by atoms with van der Waals surface area (Å²) in [6, 6.07) is 10.7. The Morgan fingerprint density at radius 1 is 1.09 bits per heavy atom. The van der Waals surface area contributed by atoms with E-state index in [0.717, 1.165) is 35.1 Å². The topological polar surface area (TPSA) is 90.5 Å². The van der Waals surface area contributed by atoms with Gasteiger partial charge >= 0.3 is 6.18 Å². The van der Waals surface area contributed by atoms with Gasteiger partial charge in [-0.2, -0.15) is 18.3 Å². The number of rotatable bonds is 6. The number of thioether (sulfide) groups is 1. The highest BCUT2D eigenvalue weighted by molar-refractivity contribution is 7.99. The zero-order chi connectivity index (χ0) is 23.6. The fraction of sp³-hybridized carbons (Fsp3) is 0.190. The molecule has 8 nitrogen and oxygen atoms in total. The number of nitrogens with zero attached hydrogens (tertiary/aromatic N) is 6. The lowest BCUT2D eigenvalue weighted by atomic mass is 10.1. The first kappa shape index (κ1) is 22.5. The molecule has 33 heavy (non-hydrogen) atoms. The molecule has 0 bridgehead atoms. The van der Waals surface area contributed by atoms with Gasteiger partial charge in [0.25, 0.3) is 0 Å². The van der Waals surface area contributed by atoms with Crippen LogP contribution in [0.3, 0.4) is 0 Å². The second-order valence-corrected chi connectivity index (χ2v) is 8.00. The monoisotopic (exact) mass is 473 g/mol. The number of carbonyl (C=O) groups excluding carboxylic acids is 1. The molecule has 4 rings (SSSR count). The number of carbonyl (C=O) groups is 1. The van der Waals surface area contributed by atoms with E-state index in [-0.39, 0.29) is 17.1 Å². The quantitative estimate of drug-likeness (QED) is 0.422. The summed E-state index contributed by atoms with van der Waals surface area (Å²) >= 11 is 1.13. The van der Waals surface area contributed by atoms with Crippen LogP contribution in [-0.2, 0) is 11.0 Å². The summed E-state index contributed by atoms with van der Waals surface area (Å²) in [7, 11) is 0. The van der Waals surface area contributed by atoms with E-state index in [4.69, 9.17) is 0 Å². The molecule has 0 aliphatic rings. The first-order chi connectivity index (χ1) is 15.7. The van der Waals surface area contributed by atoms with Crippen molar-refractivity contribution in [1.82, 2.24) is 29.5 Å². The van der Waals surface area contributed by atoms with E-state index in [0.29, 0.717) is 11.0 Å². The lowest BCUT2D eigenvalue weighted by Gasteiger charge is -2.14. The van der Waals surface area contributed by atoms with Crippen molar-refractivity contribution in [3.8, 4) is 11.4 Å². The molecule has 4 aromatic rings. The van der Waals surface area contributed by atoms with E-state index in [1.54, 1.807) is 6.92 Å². The van der Waals surface area contributed by atoms with Crippen LogP contribution in [0.2, 0.25) is 0 Å². The van der Waals surface area contributed by atoms with Gasteiger partial charge in [-0.3, -0.25) is 9.36 Å². The molecule has 1 N–H and O–H groups in total. The number of aryl methyl sites for hydroxylation is 2. The Labute approximate surface area is 190 Å². The van der Waals surface area contributed by atoms with Gasteiger partial charge < -0.3 is 5.32 Å². The summed E-state index contributed by atoms with van der Waals surface area (Å²) in [6.07, 6.45) is -1.98. The molecular formula is C21H18F3N7OS. The van der Waals surface area contributed by atoms with E-state index in [9.17, 15) is 18.0 Å². The number of hydrogen-bond donors (Lipinski definition) is 1. The highest BCUT2D eigenvalue weighted by Crippen LogP contribution is 2.33. The Kier molecular flexibility index (Phi) is 6.18. The third kappa shape index (κ3) is 4.90. The summed E-state index contributed by atoms with van der Waals surface area (Å²) in [5.41, 5.74) is 1.24.